The molecule has 1 aliphatic carbocycles. The van der Waals surface area contributed by atoms with Gasteiger partial charge < -0.3 is 16.0 Å². The lowest BCUT2D eigenvalue weighted by Crippen LogP contribution is -2.44. The van der Waals surface area contributed by atoms with E-state index in [0.717, 1.165) is 32.4 Å². The molecule has 2 amide bonds. The van der Waals surface area contributed by atoms with Crippen LogP contribution in [0.2, 0.25) is 0 Å². The molecule has 27 heavy (non-hydrogen) atoms. The highest BCUT2D eigenvalue weighted by atomic mass is 16.2. The van der Waals surface area contributed by atoms with Crippen LogP contribution < -0.4 is 16.0 Å². The summed E-state index contributed by atoms with van der Waals surface area (Å²) in [6.07, 6.45) is 7.53. The summed E-state index contributed by atoms with van der Waals surface area (Å²) in [6, 6.07) is 10.6. The maximum absolute atomic E-state index is 13.1. The Morgan fingerprint density at radius 1 is 1.07 bits per heavy atom. The van der Waals surface area contributed by atoms with Crippen LogP contribution in [0, 0.1) is 11.3 Å². The van der Waals surface area contributed by atoms with Gasteiger partial charge >= 0.3 is 0 Å². The summed E-state index contributed by atoms with van der Waals surface area (Å²) >= 11 is 0. The number of hydrogen-bond acceptors (Lipinski definition) is 4. The first-order chi connectivity index (χ1) is 13.2. The molecule has 1 aliphatic heterocycles. The number of anilines is 2. The summed E-state index contributed by atoms with van der Waals surface area (Å²) in [7, 11) is 0. The van der Waals surface area contributed by atoms with Gasteiger partial charge in [0.2, 0.25) is 5.91 Å². The molecule has 1 aromatic heterocycles. The van der Waals surface area contributed by atoms with Crippen molar-refractivity contribution in [3.63, 3.8) is 0 Å². The lowest BCUT2D eigenvalue weighted by atomic mass is 9.67. The van der Waals surface area contributed by atoms with E-state index in [2.05, 4.69) is 20.9 Å². The topological polar surface area (TPSA) is 83.1 Å². The number of nitrogens with one attached hydrogen (secondary N) is 3. The maximum Gasteiger partial charge on any atom is 0.255 e. The molecule has 0 spiro atoms. The van der Waals surface area contributed by atoms with Crippen molar-refractivity contribution in [3.8, 4) is 0 Å². The molecule has 0 unspecified atom stereocenters. The molecular formula is C21H24N4O2. The van der Waals surface area contributed by atoms with Crippen LogP contribution in [0.3, 0.4) is 0 Å². The van der Waals surface area contributed by atoms with Crippen molar-refractivity contribution in [3.05, 3.63) is 54.4 Å². The number of carbonyl (C=O) groups is 2. The molecule has 6 nitrogen and oxygen atoms in total. The first-order valence-corrected chi connectivity index (χ1v) is 9.51. The first-order valence-electron chi connectivity index (χ1n) is 9.51. The molecule has 2 heterocycles. The van der Waals surface area contributed by atoms with Crippen molar-refractivity contribution in [2.75, 3.05) is 23.7 Å². The van der Waals surface area contributed by atoms with Gasteiger partial charge in [-0.05, 0) is 55.6 Å². The summed E-state index contributed by atoms with van der Waals surface area (Å²) in [4.78, 5) is 29.3. The summed E-state index contributed by atoms with van der Waals surface area (Å²) in [5, 5.41) is 9.36. The number of aromatic nitrogens is 1. The number of nitrogens with zero attached hydrogens (tertiary/aromatic N) is 1. The molecule has 1 aromatic carbocycles. The second-order valence-corrected chi connectivity index (χ2v) is 7.45. The van der Waals surface area contributed by atoms with Crippen LogP contribution in [0.25, 0.3) is 0 Å². The van der Waals surface area contributed by atoms with E-state index in [0.29, 0.717) is 22.9 Å². The third-order valence-corrected chi connectivity index (χ3v) is 5.81. The van der Waals surface area contributed by atoms with Gasteiger partial charge in [0, 0.05) is 35.9 Å². The molecular weight excluding hydrogens is 340 g/mol. The fourth-order valence-corrected chi connectivity index (χ4v) is 4.33. The Hall–Kier alpha value is -2.73. The Morgan fingerprint density at radius 3 is 2.67 bits per heavy atom. The quantitative estimate of drug-likeness (QED) is 0.779. The molecule has 4 rings (SSSR count). The number of pyridine rings is 1. The van der Waals surface area contributed by atoms with E-state index in [1.54, 1.807) is 30.6 Å². The monoisotopic (exact) mass is 364 g/mol. The van der Waals surface area contributed by atoms with Crippen molar-refractivity contribution in [2.45, 2.75) is 25.7 Å². The fourth-order valence-electron chi connectivity index (χ4n) is 4.33. The Balaban J connectivity index is 1.46. The van der Waals surface area contributed by atoms with Gasteiger partial charge in [-0.15, -0.1) is 0 Å². The average Bonchev–Trinajstić information content (AvgIpc) is 3.14. The van der Waals surface area contributed by atoms with Crippen LogP contribution in [0.15, 0.2) is 48.8 Å². The predicted molar refractivity (Wildman–Crippen MR) is 105 cm³/mol. The summed E-state index contributed by atoms with van der Waals surface area (Å²) in [6.45, 7) is 1.68. The molecule has 0 bridgehead atoms. The van der Waals surface area contributed by atoms with E-state index in [1.807, 2.05) is 18.2 Å². The van der Waals surface area contributed by atoms with Crippen molar-refractivity contribution >= 4 is 23.2 Å². The van der Waals surface area contributed by atoms with Gasteiger partial charge in [0.25, 0.3) is 5.91 Å². The average molecular weight is 364 g/mol. The van der Waals surface area contributed by atoms with Gasteiger partial charge in [0.1, 0.15) is 0 Å². The fraction of sp³-hybridized carbons (Fsp3) is 0.381. The number of amides is 2. The molecule has 6 heteroatoms. The van der Waals surface area contributed by atoms with Gasteiger partial charge in [-0.3, -0.25) is 14.6 Å². The minimum absolute atomic E-state index is 0.0924. The van der Waals surface area contributed by atoms with Crippen LogP contribution in [0.1, 0.15) is 36.0 Å². The zero-order valence-corrected chi connectivity index (χ0v) is 15.2. The minimum Gasteiger partial charge on any atom is -0.325 e. The van der Waals surface area contributed by atoms with E-state index >= 15 is 0 Å². The van der Waals surface area contributed by atoms with E-state index < -0.39 is 0 Å². The SMILES string of the molecule is O=C(Nc1cccc(NC(=O)[C@@]23CCCC[C@H]2CNC3)c1)c1ccncc1. The second-order valence-electron chi connectivity index (χ2n) is 7.45. The normalized spacial score (nSPS) is 24.1. The minimum atomic E-state index is -0.297. The highest BCUT2D eigenvalue weighted by molar-refractivity contribution is 6.04. The first kappa shape index (κ1) is 17.7. The molecule has 2 aliphatic rings. The molecule has 2 fully saturated rings. The Kier molecular flexibility index (Phi) is 4.90. The van der Waals surface area contributed by atoms with Gasteiger partial charge in [-0.2, -0.15) is 0 Å². The van der Waals surface area contributed by atoms with E-state index in [-0.39, 0.29) is 17.2 Å². The number of hydrogen-bond donors (Lipinski definition) is 3. The number of fused-ring (bicyclic) bond motifs is 1. The molecule has 1 saturated heterocycles. The molecule has 3 N–H and O–H groups in total. The third-order valence-electron chi connectivity index (χ3n) is 5.81. The standard InChI is InChI=1S/C21H24N4O2/c26-19(15-7-10-22-11-8-15)24-17-5-3-6-18(12-17)25-20(27)21-9-2-1-4-16(21)13-23-14-21/h3,5-8,10-12,16,23H,1-2,4,9,13-14H2,(H,24,26)(H,25,27)/t16-,21+/m0/s1. The summed E-state index contributed by atoms with van der Waals surface area (Å²) in [5.41, 5.74) is 1.60. The largest absolute Gasteiger partial charge is 0.325 e. The Morgan fingerprint density at radius 2 is 1.85 bits per heavy atom. The molecule has 2 atom stereocenters. The number of rotatable bonds is 4. The number of carbonyl (C=O) groups excluding carboxylic acids is 2. The summed E-state index contributed by atoms with van der Waals surface area (Å²) < 4.78 is 0. The molecule has 140 valence electrons. The van der Waals surface area contributed by atoms with E-state index in [1.165, 1.54) is 6.42 Å². The third kappa shape index (κ3) is 3.57. The number of benzene rings is 1. The van der Waals surface area contributed by atoms with Gasteiger partial charge in [0.05, 0.1) is 5.41 Å². The van der Waals surface area contributed by atoms with Crippen molar-refractivity contribution < 1.29 is 9.59 Å². The van der Waals surface area contributed by atoms with Crippen molar-refractivity contribution in [2.24, 2.45) is 11.3 Å². The van der Waals surface area contributed by atoms with Crippen LogP contribution in [0.4, 0.5) is 11.4 Å². The predicted octanol–water partition coefficient (Wildman–Crippen LogP) is 3.05. The van der Waals surface area contributed by atoms with Crippen molar-refractivity contribution in [1.29, 1.82) is 0 Å². The second kappa shape index (κ2) is 7.48. The van der Waals surface area contributed by atoms with Gasteiger partial charge in [-0.1, -0.05) is 18.9 Å². The van der Waals surface area contributed by atoms with Gasteiger partial charge in [-0.25, -0.2) is 0 Å². The maximum atomic E-state index is 13.1. The Bertz CT molecular complexity index is 839. The molecule has 1 saturated carbocycles. The smallest absolute Gasteiger partial charge is 0.255 e. The zero-order chi connectivity index (χ0) is 18.7. The van der Waals surface area contributed by atoms with Crippen LogP contribution in [-0.4, -0.2) is 29.9 Å². The van der Waals surface area contributed by atoms with Gasteiger partial charge in [0.15, 0.2) is 0 Å². The van der Waals surface area contributed by atoms with Crippen LogP contribution in [0.5, 0.6) is 0 Å². The van der Waals surface area contributed by atoms with E-state index in [4.69, 9.17) is 0 Å². The highest BCUT2D eigenvalue weighted by Crippen LogP contribution is 2.44. The highest BCUT2D eigenvalue weighted by Gasteiger charge is 2.49. The lowest BCUT2D eigenvalue weighted by Gasteiger charge is -2.37. The summed E-state index contributed by atoms with van der Waals surface area (Å²) in [5.74, 6) is 0.308. The molecule has 0 radical (unpaired) electrons. The van der Waals surface area contributed by atoms with E-state index in [9.17, 15) is 9.59 Å². The molecule has 2 aromatic rings. The Labute approximate surface area is 158 Å². The zero-order valence-electron chi connectivity index (χ0n) is 15.2. The van der Waals surface area contributed by atoms with Crippen LogP contribution >= 0.6 is 0 Å². The lowest BCUT2D eigenvalue weighted by molar-refractivity contribution is -0.128. The van der Waals surface area contributed by atoms with Crippen molar-refractivity contribution in [1.82, 2.24) is 10.3 Å². The van der Waals surface area contributed by atoms with Crippen LogP contribution in [-0.2, 0) is 4.79 Å².